The minimum atomic E-state index is 0.0330. The smallest absolute Gasteiger partial charge is 0.155 e. The summed E-state index contributed by atoms with van der Waals surface area (Å²) < 4.78 is 2.82. The van der Waals surface area contributed by atoms with Gasteiger partial charge in [-0.05, 0) is 41.7 Å². The molecule has 0 bridgehead atoms. The van der Waals surface area contributed by atoms with Gasteiger partial charge < -0.3 is 5.32 Å². The Hall–Kier alpha value is -0.680. The summed E-state index contributed by atoms with van der Waals surface area (Å²) in [5.41, 5.74) is 2.01. The van der Waals surface area contributed by atoms with Gasteiger partial charge in [-0.1, -0.05) is 13.3 Å². The number of piperidine rings is 1. The zero-order chi connectivity index (χ0) is 13.1. The van der Waals surface area contributed by atoms with Gasteiger partial charge in [0.25, 0.3) is 0 Å². The molecule has 1 N–H and O–H groups in total. The van der Waals surface area contributed by atoms with Crippen LogP contribution in [0.3, 0.4) is 0 Å². The first-order chi connectivity index (χ1) is 8.63. The normalized spacial score (nSPS) is 20.1. The summed E-state index contributed by atoms with van der Waals surface area (Å²) in [6.07, 6.45) is 4.64. The molecule has 1 atom stereocenters. The summed E-state index contributed by atoms with van der Waals surface area (Å²) in [5, 5.41) is 7.73. The van der Waals surface area contributed by atoms with Crippen molar-refractivity contribution in [3.05, 3.63) is 15.9 Å². The summed E-state index contributed by atoms with van der Waals surface area (Å²) >= 11 is 3.56. The molecule has 1 aromatic rings. The third kappa shape index (κ3) is 2.83. The number of Topliss-reactive ketones (excluding diaryl/α,β-unsaturated/α-hetero) is 1. The van der Waals surface area contributed by atoms with E-state index in [0.29, 0.717) is 6.42 Å². The number of carbonyl (C=O) groups is 1. The first-order valence-corrected chi connectivity index (χ1v) is 7.39. The van der Waals surface area contributed by atoms with Crippen molar-refractivity contribution >= 4 is 21.7 Å². The van der Waals surface area contributed by atoms with E-state index in [9.17, 15) is 4.79 Å². The molecule has 2 rings (SSSR count). The third-order valence-electron chi connectivity index (χ3n) is 3.54. The van der Waals surface area contributed by atoms with Crippen molar-refractivity contribution in [1.29, 1.82) is 0 Å². The molecule has 1 fully saturated rings. The summed E-state index contributed by atoms with van der Waals surface area (Å²) in [6, 6.07) is 0.0330. The first-order valence-electron chi connectivity index (χ1n) is 6.59. The average Bonchev–Trinajstić information content (AvgIpc) is 2.67. The van der Waals surface area contributed by atoms with E-state index < -0.39 is 0 Å². The van der Waals surface area contributed by atoms with Crippen LogP contribution in [0.2, 0.25) is 0 Å². The predicted molar refractivity (Wildman–Crippen MR) is 74.6 cm³/mol. The van der Waals surface area contributed by atoms with Crippen molar-refractivity contribution in [3.8, 4) is 0 Å². The predicted octanol–water partition coefficient (Wildman–Crippen LogP) is 2.00. The summed E-state index contributed by atoms with van der Waals surface area (Å²) in [5.74, 6) is 0.279. The zero-order valence-corrected chi connectivity index (χ0v) is 12.6. The molecular weight excluding hydrogens is 294 g/mol. The van der Waals surface area contributed by atoms with Gasteiger partial charge in [0.1, 0.15) is 0 Å². The molecule has 2 heterocycles. The van der Waals surface area contributed by atoms with Crippen LogP contribution < -0.4 is 5.32 Å². The van der Waals surface area contributed by atoms with E-state index in [0.717, 1.165) is 41.7 Å². The Bertz CT molecular complexity index is 436. The standard InChI is InChI=1S/C13H20BrN3O/c1-3-9-13(14)11(17(2)16-9)8-12(18)10-6-4-5-7-15-10/h10,15H,3-8H2,1-2H3. The van der Waals surface area contributed by atoms with E-state index in [2.05, 4.69) is 33.3 Å². The molecular formula is C13H20BrN3O. The minimum absolute atomic E-state index is 0.0330. The Morgan fingerprint density at radius 3 is 2.89 bits per heavy atom. The quantitative estimate of drug-likeness (QED) is 0.925. The molecule has 1 aliphatic heterocycles. The average molecular weight is 314 g/mol. The maximum absolute atomic E-state index is 12.2. The van der Waals surface area contributed by atoms with Gasteiger partial charge in [-0.3, -0.25) is 9.48 Å². The monoisotopic (exact) mass is 313 g/mol. The molecule has 100 valence electrons. The third-order valence-corrected chi connectivity index (χ3v) is 4.46. The van der Waals surface area contributed by atoms with Gasteiger partial charge in [0, 0.05) is 7.05 Å². The number of ketones is 1. The van der Waals surface area contributed by atoms with Crippen LogP contribution >= 0.6 is 15.9 Å². The van der Waals surface area contributed by atoms with Gasteiger partial charge in [-0.25, -0.2) is 0 Å². The van der Waals surface area contributed by atoms with Crippen LogP contribution in [0, 0.1) is 0 Å². The van der Waals surface area contributed by atoms with Crippen LogP contribution in [0.15, 0.2) is 4.47 Å². The van der Waals surface area contributed by atoms with Crippen molar-refractivity contribution in [2.45, 2.75) is 45.1 Å². The first kappa shape index (κ1) is 13.7. The van der Waals surface area contributed by atoms with Crippen LogP contribution in [-0.2, 0) is 24.7 Å². The molecule has 0 saturated carbocycles. The number of hydrogen-bond donors (Lipinski definition) is 1. The maximum Gasteiger partial charge on any atom is 0.155 e. The highest BCUT2D eigenvalue weighted by Gasteiger charge is 2.23. The molecule has 0 aliphatic carbocycles. The molecule has 0 amide bonds. The fourth-order valence-corrected chi connectivity index (χ4v) is 3.18. The minimum Gasteiger partial charge on any atom is -0.307 e. The second kappa shape index (κ2) is 5.97. The van der Waals surface area contributed by atoms with Gasteiger partial charge in [0.15, 0.2) is 5.78 Å². The van der Waals surface area contributed by atoms with Gasteiger partial charge in [-0.15, -0.1) is 0 Å². The van der Waals surface area contributed by atoms with Gasteiger partial charge >= 0.3 is 0 Å². The van der Waals surface area contributed by atoms with E-state index in [-0.39, 0.29) is 11.8 Å². The highest BCUT2D eigenvalue weighted by molar-refractivity contribution is 9.10. The number of halogens is 1. The molecule has 5 heteroatoms. The molecule has 0 aromatic carbocycles. The lowest BCUT2D eigenvalue weighted by Gasteiger charge is -2.22. The summed E-state index contributed by atoms with van der Waals surface area (Å²) in [4.78, 5) is 12.2. The lowest BCUT2D eigenvalue weighted by molar-refractivity contribution is -0.121. The van der Waals surface area contributed by atoms with Crippen molar-refractivity contribution < 1.29 is 4.79 Å². The molecule has 1 aromatic heterocycles. The second-order valence-electron chi connectivity index (χ2n) is 4.83. The summed E-state index contributed by atoms with van der Waals surface area (Å²) in [6.45, 7) is 3.03. The van der Waals surface area contributed by atoms with Crippen LogP contribution in [0.5, 0.6) is 0 Å². The van der Waals surface area contributed by atoms with Gasteiger partial charge in [0.2, 0.25) is 0 Å². The second-order valence-corrected chi connectivity index (χ2v) is 5.62. The number of nitrogens with zero attached hydrogens (tertiary/aromatic N) is 2. The lowest BCUT2D eigenvalue weighted by Crippen LogP contribution is -2.41. The highest BCUT2D eigenvalue weighted by atomic mass is 79.9. The van der Waals surface area contributed by atoms with Crippen LogP contribution in [-0.4, -0.2) is 28.2 Å². The fraction of sp³-hybridized carbons (Fsp3) is 0.692. The number of aryl methyl sites for hydroxylation is 2. The van der Waals surface area contributed by atoms with E-state index in [1.807, 2.05) is 11.7 Å². The van der Waals surface area contributed by atoms with Gasteiger partial charge in [-0.2, -0.15) is 5.10 Å². The Labute approximate surface area is 116 Å². The van der Waals surface area contributed by atoms with E-state index in [4.69, 9.17) is 0 Å². The molecule has 4 nitrogen and oxygen atoms in total. The van der Waals surface area contributed by atoms with Gasteiger partial charge in [0.05, 0.1) is 28.3 Å². The fourth-order valence-electron chi connectivity index (χ4n) is 2.43. The van der Waals surface area contributed by atoms with Crippen molar-refractivity contribution in [1.82, 2.24) is 15.1 Å². The van der Waals surface area contributed by atoms with Crippen molar-refractivity contribution in [2.75, 3.05) is 6.54 Å². The molecule has 0 radical (unpaired) electrons. The van der Waals surface area contributed by atoms with E-state index in [1.165, 1.54) is 6.42 Å². The maximum atomic E-state index is 12.2. The van der Waals surface area contributed by atoms with Crippen LogP contribution in [0.1, 0.15) is 37.6 Å². The summed E-state index contributed by atoms with van der Waals surface area (Å²) in [7, 11) is 1.90. The Balaban J connectivity index is 2.08. The number of hydrogen-bond acceptors (Lipinski definition) is 3. The topological polar surface area (TPSA) is 46.9 Å². The van der Waals surface area contributed by atoms with E-state index in [1.54, 1.807) is 0 Å². The molecule has 0 spiro atoms. The van der Waals surface area contributed by atoms with Crippen LogP contribution in [0.4, 0.5) is 0 Å². The number of nitrogens with one attached hydrogen (secondary N) is 1. The Kier molecular flexibility index (Phi) is 4.56. The molecule has 1 saturated heterocycles. The number of aromatic nitrogens is 2. The van der Waals surface area contributed by atoms with E-state index >= 15 is 0 Å². The SMILES string of the molecule is CCc1nn(C)c(CC(=O)C2CCCCN2)c1Br. The Morgan fingerprint density at radius 1 is 1.56 bits per heavy atom. The lowest BCUT2D eigenvalue weighted by atomic mass is 9.98. The molecule has 1 aliphatic rings. The molecule has 18 heavy (non-hydrogen) atoms. The largest absolute Gasteiger partial charge is 0.307 e. The van der Waals surface area contributed by atoms with Crippen LogP contribution in [0.25, 0.3) is 0 Å². The molecule has 1 unspecified atom stereocenters. The number of carbonyl (C=O) groups excluding carboxylic acids is 1. The van der Waals surface area contributed by atoms with Crippen molar-refractivity contribution in [3.63, 3.8) is 0 Å². The number of rotatable bonds is 4. The zero-order valence-electron chi connectivity index (χ0n) is 11.0. The Morgan fingerprint density at radius 2 is 2.33 bits per heavy atom. The van der Waals surface area contributed by atoms with Crippen molar-refractivity contribution in [2.24, 2.45) is 7.05 Å². The highest BCUT2D eigenvalue weighted by Crippen LogP contribution is 2.23.